The standard InChI is InChI=1S/C14H4Cl8O2S.2CH3O.2Rf/c1-23-11-3(15)7(19)13(8(20)4(11)16)25-14-9(21)5(17)12(24-2)6(18)10(14)22;2*1-2;;/h1-2H2;2*2H,1H2;;/q-2;2*-1;;. The zero-order valence-electron chi connectivity index (χ0n) is 15.4. The molecule has 168 valence electrons. The van der Waals surface area contributed by atoms with Crippen molar-refractivity contribution in [3.8, 4) is 11.5 Å². The fourth-order valence-corrected chi connectivity index (χ4v) is 5.26. The van der Waals surface area contributed by atoms with Crippen LogP contribution in [0.5, 0.6) is 11.5 Å². The molecule has 0 bridgehead atoms. The van der Waals surface area contributed by atoms with Crippen molar-refractivity contribution in [2.45, 2.75) is 9.79 Å². The molecule has 0 radical (unpaired) electrons. The van der Waals surface area contributed by atoms with Crippen LogP contribution in [-0.2, 0) is 0 Å². The second-order valence-corrected chi connectivity index (χ2v) is 8.26. The average Bonchev–Trinajstić information content (AvgIpc) is 2.74. The molecule has 0 aliphatic carbocycles. The molecular formula is C16H10Cl8O4Rf2S-4. The van der Waals surface area contributed by atoms with E-state index in [-0.39, 0.29) is 61.5 Å². The van der Waals surface area contributed by atoms with Gasteiger partial charge in [0.15, 0.2) is 0 Å². The number of hydrogen-bond acceptors (Lipinski definition) is 5. The van der Waals surface area contributed by atoms with Gasteiger partial charge in [0.05, 0.1) is 29.9 Å². The second kappa shape index (κ2) is 15.4. The Balaban J connectivity index is -0.00000123. The first kappa shape index (κ1) is 34.2. The van der Waals surface area contributed by atoms with Crippen molar-refractivity contribution in [1.82, 2.24) is 0 Å². The van der Waals surface area contributed by atoms with Crippen molar-refractivity contribution < 1.29 is 19.7 Å². The summed E-state index contributed by atoms with van der Waals surface area (Å²) in [5.74, 6) is 0.0773. The Morgan fingerprint density at radius 3 is 0.839 bits per heavy atom. The van der Waals surface area contributed by atoms with Gasteiger partial charge in [0.2, 0.25) is 0 Å². The molecule has 2 rings (SSSR count). The van der Waals surface area contributed by atoms with E-state index in [0.29, 0.717) is 0 Å². The van der Waals surface area contributed by atoms with Crippen molar-refractivity contribution in [3.05, 3.63) is 68.6 Å². The summed E-state index contributed by atoms with van der Waals surface area (Å²) in [5, 5.41) is 13.9. The molecule has 2 N–H and O–H groups in total. The topological polar surface area (TPSA) is 58.9 Å². The Labute approximate surface area is 212 Å². The summed E-state index contributed by atoms with van der Waals surface area (Å²) in [6.45, 7) is 0. The zero-order chi connectivity index (χ0) is 23.0. The van der Waals surface area contributed by atoms with Crippen LogP contribution >= 0.6 is 105 Å². The van der Waals surface area contributed by atoms with Crippen LogP contribution in [0, 0.1) is 28.4 Å². The zero-order valence-corrected chi connectivity index (χ0v) is 35.0. The molecular weight excluding hydrogens is 1110 g/mol. The Bertz CT molecular complexity index is 747. The molecule has 15 heteroatoms. The van der Waals surface area contributed by atoms with E-state index in [4.69, 9.17) is 112 Å². The Morgan fingerprint density at radius 2 is 0.677 bits per heavy atom. The van der Waals surface area contributed by atoms with Crippen molar-refractivity contribution in [2.75, 3.05) is 0 Å². The predicted octanol–water partition coefficient (Wildman–Crippen LogP) is 9.71. The van der Waals surface area contributed by atoms with E-state index in [2.05, 4.69) is 28.4 Å². The van der Waals surface area contributed by atoms with Crippen LogP contribution in [0.25, 0.3) is 0 Å². The molecule has 31 heavy (non-hydrogen) atoms. The molecule has 2 aromatic rings. The summed E-state index contributed by atoms with van der Waals surface area (Å²) in [7, 11) is 11.0. The van der Waals surface area contributed by atoms with E-state index in [1.165, 1.54) is 0 Å². The summed E-state index contributed by atoms with van der Waals surface area (Å²) in [5.41, 5.74) is 0. The summed E-state index contributed by atoms with van der Waals surface area (Å²) in [6.07, 6.45) is 0. The minimum Gasteiger partial charge on any atom is -0.663 e. The van der Waals surface area contributed by atoms with Gasteiger partial charge in [-0.3, -0.25) is 0 Å². The molecule has 0 saturated heterocycles. The van der Waals surface area contributed by atoms with Gasteiger partial charge in [0.25, 0.3) is 0 Å². The molecule has 2 aromatic carbocycles. The fourth-order valence-electron chi connectivity index (χ4n) is 1.72. The van der Waals surface area contributed by atoms with E-state index >= 15 is 0 Å². The Kier molecular flexibility index (Phi) is 17.1. The van der Waals surface area contributed by atoms with Crippen LogP contribution in [0.2, 0.25) is 40.2 Å². The number of hydrogen-bond donors (Lipinski definition) is 2. The molecule has 0 aliphatic rings. The molecule has 0 saturated carbocycles. The summed E-state index contributed by atoms with van der Waals surface area (Å²) in [4.78, 5) is 0.553. The maximum absolute atomic E-state index is 6.75. The van der Waals surface area contributed by atoms with Gasteiger partial charge in [-0.15, -0.1) is 0 Å². The van der Waals surface area contributed by atoms with Crippen LogP contribution in [0.4, 0.5) is 0 Å². The van der Waals surface area contributed by atoms with Gasteiger partial charge in [-0.1, -0.05) is 105 Å². The third kappa shape index (κ3) is 6.80. The van der Waals surface area contributed by atoms with Gasteiger partial charge in [0, 0.05) is 0 Å². The quantitative estimate of drug-likeness (QED) is 0.236. The van der Waals surface area contributed by atoms with E-state index < -0.39 is 0 Å². The molecule has 0 aromatic heterocycles. The molecule has 0 atom stereocenters. The molecule has 0 aliphatic heterocycles. The van der Waals surface area contributed by atoms with Gasteiger partial charge in [-0.05, 0) is 0 Å². The minimum absolute atomic E-state index is 0. The van der Waals surface area contributed by atoms with Crippen LogP contribution < -0.4 is 9.47 Å². The first-order valence-electron chi connectivity index (χ1n) is 6.54. The van der Waals surface area contributed by atoms with Gasteiger partial charge in [-0.25, -0.2) is 14.2 Å². The normalized spacial score (nSPS) is 9.23. The largest absolute Gasteiger partial charge is 0.663 e. The maximum atomic E-state index is 6.75. The molecule has 0 fully saturated rings. The fraction of sp³-hybridized carbons (Fsp3) is 0. The SMILES string of the molecule is [CH2-]O.[CH2-]O.[CH2-]Oc1c(Cl)c(Cl)c(Sc2c(Cl)c(Cl)c(O[CH2-])c(Cl)c2Cl)c(Cl)c1Cl.[Rf].[Rf]. The van der Waals surface area contributed by atoms with E-state index in [1.807, 2.05) is 0 Å². The van der Waals surface area contributed by atoms with E-state index in [0.717, 1.165) is 11.8 Å². The van der Waals surface area contributed by atoms with Crippen molar-refractivity contribution in [3.63, 3.8) is 0 Å². The Hall–Kier alpha value is -1.37. The van der Waals surface area contributed by atoms with Gasteiger partial charge >= 0.3 is 0 Å². The second-order valence-electron chi connectivity index (χ2n) is 4.22. The van der Waals surface area contributed by atoms with Crippen LogP contribution in [0.15, 0.2) is 9.79 Å². The number of ether oxygens (including phenoxy) is 2. The van der Waals surface area contributed by atoms with Crippen molar-refractivity contribution >= 4 is 105 Å². The van der Waals surface area contributed by atoms with E-state index in [9.17, 15) is 0 Å². The number of benzene rings is 2. The maximum Gasteiger partial charge on any atom is 0.126 e. The minimum atomic E-state index is 0. The monoisotopic (exact) mass is 1110 g/mol. The first-order valence-corrected chi connectivity index (χ1v) is 10.4. The smallest absolute Gasteiger partial charge is 0.126 e. The van der Waals surface area contributed by atoms with Crippen LogP contribution in [-0.4, -0.2) is 10.2 Å². The third-order valence-electron chi connectivity index (χ3n) is 2.86. The number of aliphatic hydroxyl groups is 2. The van der Waals surface area contributed by atoms with Crippen LogP contribution in [0.3, 0.4) is 0 Å². The number of rotatable bonds is 4. The Morgan fingerprint density at radius 1 is 0.484 bits per heavy atom. The third-order valence-corrected chi connectivity index (χ3v) is 7.87. The molecule has 0 heterocycles. The molecule has 0 spiro atoms. The first-order chi connectivity index (χ1) is 13.7. The summed E-state index contributed by atoms with van der Waals surface area (Å²) in [6, 6.07) is 0. The van der Waals surface area contributed by atoms with Crippen LogP contribution in [0.1, 0.15) is 0 Å². The van der Waals surface area contributed by atoms with Gasteiger partial charge < -0.3 is 19.7 Å². The molecule has 0 amide bonds. The summed E-state index contributed by atoms with van der Waals surface area (Å²) < 4.78 is 9.70. The average molecular weight is 1120 g/mol. The van der Waals surface area contributed by atoms with E-state index in [1.54, 1.807) is 0 Å². The van der Waals surface area contributed by atoms with Crippen molar-refractivity contribution in [2.24, 2.45) is 0 Å². The van der Waals surface area contributed by atoms with Gasteiger partial charge in [0.1, 0.15) is 31.6 Å². The predicted molar refractivity (Wildman–Crippen MR) is 124 cm³/mol. The number of aliphatic hydroxyl groups excluding tert-OH is 2. The number of halogens is 8. The van der Waals surface area contributed by atoms with Crippen molar-refractivity contribution in [1.29, 1.82) is 0 Å². The molecule has 0 unspecified atom stereocenters. The molecule has 4 nitrogen and oxygen atoms in total. The van der Waals surface area contributed by atoms with Gasteiger partial charge in [-0.2, -0.15) is 14.2 Å². The summed E-state index contributed by atoms with van der Waals surface area (Å²) >= 11 is 50.5.